The summed E-state index contributed by atoms with van der Waals surface area (Å²) in [6.45, 7) is 9.27. The van der Waals surface area contributed by atoms with Gasteiger partial charge in [-0.3, -0.25) is 9.58 Å². The molecule has 1 saturated heterocycles. The smallest absolute Gasteiger partial charge is 0.214 e. The van der Waals surface area contributed by atoms with Crippen molar-refractivity contribution < 1.29 is 13.5 Å². The van der Waals surface area contributed by atoms with E-state index in [1.165, 1.54) is 11.3 Å². The Kier molecular flexibility index (Phi) is 8.44. The Bertz CT molecular complexity index is 1370. The number of halogens is 1. The molecule has 0 saturated carbocycles. The molecule has 1 unspecified atom stereocenters. The number of anilines is 1. The van der Waals surface area contributed by atoms with E-state index in [0.29, 0.717) is 32.6 Å². The van der Waals surface area contributed by atoms with Crippen molar-refractivity contribution in [2.24, 2.45) is 0 Å². The summed E-state index contributed by atoms with van der Waals surface area (Å²) in [4.78, 5) is 4.75. The van der Waals surface area contributed by atoms with Crippen LogP contribution < -0.4 is 4.90 Å². The second-order valence-corrected chi connectivity index (χ2v) is 13.7. The normalized spacial score (nSPS) is 17.9. The van der Waals surface area contributed by atoms with E-state index in [1.807, 2.05) is 28.9 Å². The monoisotopic (exact) mass is 649 g/mol. The first-order valence-corrected chi connectivity index (χ1v) is 16.0. The number of benzene rings is 2. The fourth-order valence-electron chi connectivity index (χ4n) is 5.52. The second kappa shape index (κ2) is 11.6. The van der Waals surface area contributed by atoms with E-state index in [9.17, 15) is 13.5 Å². The maximum absolute atomic E-state index is 12.6. The average Bonchev–Trinajstić information content (AvgIpc) is 3.27. The quantitative estimate of drug-likeness (QED) is 0.378. The van der Waals surface area contributed by atoms with Crippen LogP contribution in [0, 0.1) is 10.5 Å². The Balaban J connectivity index is 1.30. The zero-order chi connectivity index (χ0) is 26.9. The van der Waals surface area contributed by atoms with Gasteiger partial charge in [0.05, 0.1) is 24.1 Å². The van der Waals surface area contributed by atoms with Crippen LogP contribution in [0.15, 0.2) is 48.5 Å². The number of sulfonamides is 1. The van der Waals surface area contributed by atoms with Crippen LogP contribution in [0.5, 0.6) is 0 Å². The molecule has 2 aliphatic heterocycles. The summed E-state index contributed by atoms with van der Waals surface area (Å²) >= 11 is 2.28. The lowest BCUT2D eigenvalue weighted by Gasteiger charge is -2.37. The highest BCUT2D eigenvalue weighted by Crippen LogP contribution is 2.32. The molecule has 204 valence electrons. The fourth-order valence-corrected chi connectivity index (χ4v) is 6.94. The predicted octanol–water partition coefficient (Wildman–Crippen LogP) is 3.35. The molecule has 1 aromatic heterocycles. The van der Waals surface area contributed by atoms with E-state index < -0.39 is 16.1 Å². The van der Waals surface area contributed by atoms with Gasteiger partial charge in [-0.2, -0.15) is 9.40 Å². The summed E-state index contributed by atoms with van der Waals surface area (Å²) in [6.07, 6.45) is 0.0271. The van der Waals surface area contributed by atoms with Crippen molar-refractivity contribution in [3.8, 4) is 11.3 Å². The zero-order valence-electron chi connectivity index (χ0n) is 22.1. The molecule has 1 atom stereocenters. The predicted molar refractivity (Wildman–Crippen MR) is 160 cm³/mol. The van der Waals surface area contributed by atoms with Crippen molar-refractivity contribution in [3.63, 3.8) is 0 Å². The highest BCUT2D eigenvalue weighted by molar-refractivity contribution is 14.1. The first kappa shape index (κ1) is 27.6. The van der Waals surface area contributed by atoms with Crippen LogP contribution in [0.2, 0.25) is 0 Å². The van der Waals surface area contributed by atoms with Crippen molar-refractivity contribution in [3.05, 3.63) is 68.9 Å². The minimum Gasteiger partial charge on any atom is -0.390 e. The minimum absolute atomic E-state index is 0.0884. The summed E-state index contributed by atoms with van der Waals surface area (Å²) in [7, 11) is -3.29. The van der Waals surface area contributed by atoms with E-state index in [-0.39, 0.29) is 5.75 Å². The van der Waals surface area contributed by atoms with Crippen molar-refractivity contribution in [1.29, 1.82) is 0 Å². The molecule has 0 bridgehead atoms. The number of aliphatic hydroxyl groups is 1. The van der Waals surface area contributed by atoms with Gasteiger partial charge in [0.1, 0.15) is 0 Å². The standard InChI is InChI=1S/C28H36IN5O3S/c1-3-38(36,37)33-13-12-27-25(20-33)28(22-8-10-23(29)11-9-22)30-34(27)19-24(35)18-31-14-16-32(17-15-31)26-7-5-4-6-21(26)2/h4-11,24,35H,3,12-20H2,1-2H3. The number of rotatable bonds is 8. The zero-order valence-corrected chi connectivity index (χ0v) is 25.0. The molecule has 5 rings (SSSR count). The number of hydrogen-bond acceptors (Lipinski definition) is 6. The van der Waals surface area contributed by atoms with Gasteiger partial charge in [-0.1, -0.05) is 30.3 Å². The highest BCUT2D eigenvalue weighted by Gasteiger charge is 2.31. The molecule has 1 fully saturated rings. The molecule has 3 aromatic rings. The second-order valence-electron chi connectivity index (χ2n) is 10.2. The van der Waals surface area contributed by atoms with Gasteiger partial charge in [0, 0.05) is 78.3 Å². The molecule has 2 aromatic carbocycles. The topological polar surface area (TPSA) is 81.9 Å². The van der Waals surface area contributed by atoms with Crippen LogP contribution in [-0.4, -0.2) is 83.6 Å². The first-order valence-electron chi connectivity index (χ1n) is 13.3. The van der Waals surface area contributed by atoms with Crippen LogP contribution in [-0.2, 0) is 29.5 Å². The Labute approximate surface area is 239 Å². The molecule has 10 heteroatoms. The van der Waals surface area contributed by atoms with E-state index in [1.54, 1.807) is 11.2 Å². The number of hydrogen-bond donors (Lipinski definition) is 1. The fraction of sp³-hybridized carbons (Fsp3) is 0.464. The number of aliphatic hydroxyl groups excluding tert-OH is 1. The number of piperazine rings is 1. The van der Waals surface area contributed by atoms with Gasteiger partial charge in [0.15, 0.2) is 0 Å². The molecule has 0 aliphatic carbocycles. The van der Waals surface area contributed by atoms with Gasteiger partial charge >= 0.3 is 0 Å². The van der Waals surface area contributed by atoms with Crippen molar-refractivity contribution in [2.45, 2.75) is 39.5 Å². The van der Waals surface area contributed by atoms with Gasteiger partial charge < -0.3 is 10.0 Å². The number of aromatic nitrogens is 2. The lowest BCUT2D eigenvalue weighted by atomic mass is 10.0. The third-order valence-corrected chi connectivity index (χ3v) is 10.2. The van der Waals surface area contributed by atoms with Crippen molar-refractivity contribution in [1.82, 2.24) is 19.0 Å². The number of nitrogens with zero attached hydrogens (tertiary/aromatic N) is 5. The summed E-state index contributed by atoms with van der Waals surface area (Å²) in [6, 6.07) is 16.6. The van der Waals surface area contributed by atoms with Crippen LogP contribution >= 0.6 is 22.6 Å². The average molecular weight is 650 g/mol. The maximum Gasteiger partial charge on any atom is 0.214 e. The molecule has 3 heterocycles. The molecular weight excluding hydrogens is 613 g/mol. The van der Waals surface area contributed by atoms with Crippen molar-refractivity contribution >= 4 is 38.3 Å². The highest BCUT2D eigenvalue weighted by atomic mass is 127. The van der Waals surface area contributed by atoms with E-state index >= 15 is 0 Å². The molecule has 0 spiro atoms. The third-order valence-electron chi connectivity index (χ3n) is 7.66. The summed E-state index contributed by atoms with van der Waals surface area (Å²) in [5.41, 5.74) is 6.35. The minimum atomic E-state index is -3.29. The van der Waals surface area contributed by atoms with Crippen molar-refractivity contribution in [2.75, 3.05) is 49.9 Å². The van der Waals surface area contributed by atoms with Gasteiger partial charge in [-0.05, 0) is 60.2 Å². The number of para-hydroxylation sites is 1. The summed E-state index contributed by atoms with van der Waals surface area (Å²) in [5, 5.41) is 16.0. The summed E-state index contributed by atoms with van der Waals surface area (Å²) in [5.74, 6) is 0.0884. The number of fused-ring (bicyclic) bond motifs is 1. The van der Waals surface area contributed by atoms with Crippen LogP contribution in [0.25, 0.3) is 11.3 Å². The van der Waals surface area contributed by atoms with Gasteiger partial charge in [-0.25, -0.2) is 8.42 Å². The van der Waals surface area contributed by atoms with Gasteiger partial charge in [0.2, 0.25) is 10.0 Å². The number of aryl methyl sites for hydroxylation is 1. The molecule has 0 radical (unpaired) electrons. The Hall–Kier alpha value is -1.99. The molecule has 0 amide bonds. The van der Waals surface area contributed by atoms with Gasteiger partial charge in [0.25, 0.3) is 0 Å². The van der Waals surface area contributed by atoms with Crippen LogP contribution in [0.3, 0.4) is 0 Å². The Morgan fingerprint density at radius 1 is 1.00 bits per heavy atom. The Morgan fingerprint density at radius 2 is 1.71 bits per heavy atom. The Morgan fingerprint density at radius 3 is 2.39 bits per heavy atom. The third kappa shape index (κ3) is 5.94. The maximum atomic E-state index is 12.6. The molecular formula is C28H36IN5O3S. The molecule has 38 heavy (non-hydrogen) atoms. The van der Waals surface area contributed by atoms with Crippen LogP contribution in [0.1, 0.15) is 23.7 Å². The van der Waals surface area contributed by atoms with E-state index in [4.69, 9.17) is 5.10 Å². The van der Waals surface area contributed by atoms with Gasteiger partial charge in [-0.15, -0.1) is 0 Å². The lowest BCUT2D eigenvalue weighted by molar-refractivity contribution is 0.0911. The molecule has 1 N–H and O–H groups in total. The SMILES string of the molecule is CCS(=O)(=O)N1CCc2c(c(-c3ccc(I)cc3)nn2CC(O)CN2CCN(c3ccccc3C)CC2)C1. The van der Waals surface area contributed by atoms with E-state index in [2.05, 4.69) is 63.6 Å². The lowest BCUT2D eigenvalue weighted by Crippen LogP contribution is -2.49. The molecule has 8 nitrogen and oxygen atoms in total. The van der Waals surface area contributed by atoms with Crippen LogP contribution in [0.4, 0.5) is 5.69 Å². The summed E-state index contributed by atoms with van der Waals surface area (Å²) < 4.78 is 29.9. The number of β-amino-alcohol motifs (C(OH)–C–C–N with tert-alkyl or cyclic N) is 1. The first-order chi connectivity index (χ1) is 18.2. The molecule has 2 aliphatic rings. The largest absolute Gasteiger partial charge is 0.390 e. The van der Waals surface area contributed by atoms with E-state index in [0.717, 1.165) is 52.3 Å².